The van der Waals surface area contributed by atoms with Crippen LogP contribution < -0.4 is 0 Å². The summed E-state index contributed by atoms with van der Waals surface area (Å²) < 4.78 is 0. The molecule has 182 valence electrons. The summed E-state index contributed by atoms with van der Waals surface area (Å²) in [6.45, 7) is 4.54. The number of benzene rings is 1. The van der Waals surface area contributed by atoms with Crippen molar-refractivity contribution in [2.45, 2.75) is 123 Å². The molecule has 0 atom stereocenters. The molecule has 0 saturated heterocycles. The van der Waals surface area contributed by atoms with Crippen molar-refractivity contribution < 1.29 is 0 Å². The van der Waals surface area contributed by atoms with E-state index in [1.54, 1.807) is 0 Å². The van der Waals surface area contributed by atoms with Crippen LogP contribution in [0.1, 0.15) is 121 Å². The highest BCUT2D eigenvalue weighted by Gasteiger charge is 2.20. The van der Waals surface area contributed by atoms with E-state index in [1.807, 2.05) is 0 Å². The Morgan fingerprint density at radius 3 is 1.82 bits per heavy atom. The average molecular weight is 449 g/mol. The highest BCUT2D eigenvalue weighted by atomic mass is 14.9. The van der Waals surface area contributed by atoms with E-state index in [9.17, 15) is 0 Å². The Morgan fingerprint density at radius 2 is 1.18 bits per heavy atom. The van der Waals surface area contributed by atoms with Crippen molar-refractivity contribution in [3.05, 3.63) is 47.8 Å². The van der Waals surface area contributed by atoms with E-state index in [2.05, 4.69) is 60.5 Å². The normalized spacial score (nSPS) is 18.5. The predicted octanol–water partition coefficient (Wildman–Crippen LogP) is 9.37. The molecule has 0 aliphatic heterocycles. The lowest BCUT2D eigenvalue weighted by Gasteiger charge is -2.28. The van der Waals surface area contributed by atoms with Crippen LogP contribution in [0.3, 0.4) is 0 Å². The van der Waals surface area contributed by atoms with Gasteiger partial charge < -0.3 is 0 Å². The highest BCUT2D eigenvalue weighted by molar-refractivity contribution is 5.55. The number of hydrogen-bond acceptors (Lipinski definition) is 2. The zero-order valence-electron chi connectivity index (χ0n) is 21.5. The van der Waals surface area contributed by atoms with Crippen LogP contribution in [0.5, 0.6) is 0 Å². The summed E-state index contributed by atoms with van der Waals surface area (Å²) in [6.07, 6.45) is 27.5. The average Bonchev–Trinajstić information content (AvgIpc) is 2.87. The molecule has 2 aromatic rings. The van der Waals surface area contributed by atoms with Gasteiger partial charge in [-0.1, -0.05) is 122 Å². The maximum absolute atomic E-state index is 4.67. The van der Waals surface area contributed by atoms with Crippen LogP contribution in [0.15, 0.2) is 36.7 Å². The zero-order valence-corrected chi connectivity index (χ0v) is 21.5. The first kappa shape index (κ1) is 25.9. The Bertz CT molecular complexity index is 741. The largest absolute Gasteiger partial charge is 0.236 e. The Kier molecular flexibility index (Phi) is 12.0. The molecular weight excluding hydrogens is 400 g/mol. The summed E-state index contributed by atoms with van der Waals surface area (Å²) in [5, 5.41) is 0. The van der Waals surface area contributed by atoms with Gasteiger partial charge >= 0.3 is 0 Å². The maximum atomic E-state index is 4.67. The fraction of sp³-hybridized carbons (Fsp3) is 0.677. The fourth-order valence-corrected chi connectivity index (χ4v) is 5.40. The van der Waals surface area contributed by atoms with Gasteiger partial charge in [-0.15, -0.1) is 0 Å². The van der Waals surface area contributed by atoms with E-state index in [1.165, 1.54) is 107 Å². The number of rotatable bonds is 15. The van der Waals surface area contributed by atoms with Gasteiger partial charge in [0.15, 0.2) is 5.82 Å². The molecule has 1 fully saturated rings. The molecule has 0 N–H and O–H groups in total. The molecule has 3 rings (SSSR count). The van der Waals surface area contributed by atoms with Crippen molar-refractivity contribution >= 4 is 0 Å². The van der Waals surface area contributed by atoms with Crippen LogP contribution in [0, 0.1) is 11.8 Å². The number of hydrogen-bond donors (Lipinski definition) is 0. The number of aryl methyl sites for hydroxylation is 2. The summed E-state index contributed by atoms with van der Waals surface area (Å²) in [7, 11) is 0. The minimum absolute atomic E-state index is 0.853. The van der Waals surface area contributed by atoms with Crippen molar-refractivity contribution in [2.75, 3.05) is 0 Å². The highest BCUT2D eigenvalue weighted by Crippen LogP contribution is 2.34. The van der Waals surface area contributed by atoms with Crippen molar-refractivity contribution in [3.8, 4) is 11.4 Å². The molecule has 0 amide bonds. The van der Waals surface area contributed by atoms with Crippen molar-refractivity contribution in [3.63, 3.8) is 0 Å². The second-order valence-electron chi connectivity index (χ2n) is 10.6. The molecular formula is C31H48N2. The molecule has 1 heterocycles. The molecule has 0 bridgehead atoms. The molecule has 1 saturated carbocycles. The first-order valence-electron chi connectivity index (χ1n) is 14.2. The maximum Gasteiger partial charge on any atom is 0.159 e. The second-order valence-corrected chi connectivity index (χ2v) is 10.6. The lowest BCUT2D eigenvalue weighted by atomic mass is 9.78. The van der Waals surface area contributed by atoms with Crippen LogP contribution in [0.2, 0.25) is 0 Å². The third-order valence-corrected chi connectivity index (χ3v) is 7.76. The minimum atomic E-state index is 0.853. The Labute approximate surface area is 204 Å². The molecule has 1 aromatic heterocycles. The van der Waals surface area contributed by atoms with Gasteiger partial charge in [-0.05, 0) is 48.6 Å². The summed E-state index contributed by atoms with van der Waals surface area (Å²) in [6, 6.07) is 8.80. The van der Waals surface area contributed by atoms with Crippen molar-refractivity contribution in [1.82, 2.24) is 9.97 Å². The molecule has 2 heteroatoms. The number of aromatic nitrogens is 2. The summed E-state index contributed by atoms with van der Waals surface area (Å²) >= 11 is 0. The Balaban J connectivity index is 1.31. The zero-order chi connectivity index (χ0) is 23.1. The van der Waals surface area contributed by atoms with Crippen LogP contribution in [-0.2, 0) is 12.8 Å². The van der Waals surface area contributed by atoms with E-state index >= 15 is 0 Å². The Hall–Kier alpha value is -1.70. The van der Waals surface area contributed by atoms with Gasteiger partial charge in [0, 0.05) is 18.0 Å². The SMILES string of the molecule is CCCCCCCCCC1CCC(CCc2cnc(-c3ccc(CCCC)cc3)nc2)CC1. The van der Waals surface area contributed by atoms with Gasteiger partial charge in [-0.3, -0.25) is 0 Å². The molecule has 1 aliphatic rings. The smallest absolute Gasteiger partial charge is 0.159 e. The molecule has 33 heavy (non-hydrogen) atoms. The van der Waals surface area contributed by atoms with Gasteiger partial charge in [0.25, 0.3) is 0 Å². The van der Waals surface area contributed by atoms with Gasteiger partial charge in [0.1, 0.15) is 0 Å². The molecule has 1 aromatic carbocycles. The molecule has 1 aliphatic carbocycles. The summed E-state index contributed by atoms with van der Waals surface area (Å²) in [5.41, 5.74) is 3.83. The second kappa shape index (κ2) is 15.3. The fourth-order valence-electron chi connectivity index (χ4n) is 5.40. The number of nitrogens with zero attached hydrogens (tertiary/aromatic N) is 2. The first-order chi connectivity index (χ1) is 16.3. The summed E-state index contributed by atoms with van der Waals surface area (Å²) in [5.74, 6) is 2.77. The van der Waals surface area contributed by atoms with Gasteiger partial charge in [-0.2, -0.15) is 0 Å². The first-order valence-corrected chi connectivity index (χ1v) is 14.2. The van der Waals surface area contributed by atoms with Crippen LogP contribution in [0.25, 0.3) is 11.4 Å². The van der Waals surface area contributed by atoms with E-state index in [0.29, 0.717) is 0 Å². The van der Waals surface area contributed by atoms with Crippen LogP contribution in [0.4, 0.5) is 0 Å². The van der Waals surface area contributed by atoms with Crippen LogP contribution in [-0.4, -0.2) is 9.97 Å². The molecule has 0 spiro atoms. The topological polar surface area (TPSA) is 25.8 Å². The molecule has 0 unspecified atom stereocenters. The standard InChI is InChI=1S/C31H48N2/c1-3-5-7-8-9-10-11-13-27-14-16-28(17-15-27)18-19-29-24-32-31(33-25-29)30-22-20-26(21-23-30)12-6-4-2/h20-25,27-28H,3-19H2,1-2H3. The van der Waals surface area contributed by atoms with Gasteiger partial charge in [0.2, 0.25) is 0 Å². The lowest BCUT2D eigenvalue weighted by Crippen LogP contribution is -2.15. The predicted molar refractivity (Wildman–Crippen MR) is 142 cm³/mol. The minimum Gasteiger partial charge on any atom is -0.236 e. The van der Waals surface area contributed by atoms with Crippen LogP contribution >= 0.6 is 0 Å². The van der Waals surface area contributed by atoms with E-state index < -0.39 is 0 Å². The van der Waals surface area contributed by atoms with Crippen molar-refractivity contribution in [2.24, 2.45) is 11.8 Å². The van der Waals surface area contributed by atoms with E-state index in [-0.39, 0.29) is 0 Å². The van der Waals surface area contributed by atoms with Gasteiger partial charge in [0.05, 0.1) is 0 Å². The third kappa shape index (κ3) is 9.59. The van der Waals surface area contributed by atoms with E-state index in [4.69, 9.17) is 0 Å². The quantitative estimate of drug-likeness (QED) is 0.254. The van der Waals surface area contributed by atoms with E-state index in [0.717, 1.165) is 36.1 Å². The lowest BCUT2D eigenvalue weighted by molar-refractivity contribution is 0.248. The van der Waals surface area contributed by atoms with Crippen molar-refractivity contribution in [1.29, 1.82) is 0 Å². The number of unbranched alkanes of at least 4 members (excludes halogenated alkanes) is 7. The molecule has 2 nitrogen and oxygen atoms in total. The third-order valence-electron chi connectivity index (χ3n) is 7.76. The summed E-state index contributed by atoms with van der Waals surface area (Å²) in [4.78, 5) is 9.34. The molecule has 0 radical (unpaired) electrons. The Morgan fingerprint density at radius 1 is 0.606 bits per heavy atom. The van der Waals surface area contributed by atoms with Gasteiger partial charge in [-0.25, -0.2) is 9.97 Å². The monoisotopic (exact) mass is 448 g/mol.